The van der Waals surface area contributed by atoms with Crippen molar-refractivity contribution in [3.8, 4) is 0 Å². The number of benzene rings is 1. The highest BCUT2D eigenvalue weighted by atomic mass is 16.5. The molecule has 10 atom stereocenters. The van der Waals surface area contributed by atoms with Gasteiger partial charge in [-0.15, -0.1) is 0 Å². The SMILES string of the molecule is CC[C@H](C)[C@@H]([C@@H](CC(=O)N1CCC[C@H]1[C@H](OC)[C@@H](C)C(=O)N[C@H](C)[C@@H](O)c1ccccc1)OC)N(C)[C@H](C(=O)NC(=O)[C@H](C(C)C)N(C)CCCCCC(=O)O)C(C)C. The average molecular weight is 832 g/mol. The third-order valence-electron chi connectivity index (χ3n) is 12.3. The van der Waals surface area contributed by atoms with Crippen molar-refractivity contribution in [3.05, 3.63) is 35.9 Å². The molecule has 4 N–H and O–H groups in total. The summed E-state index contributed by atoms with van der Waals surface area (Å²) in [5.74, 6) is -2.90. The third-order valence-corrected chi connectivity index (χ3v) is 12.3. The van der Waals surface area contributed by atoms with Gasteiger partial charge in [-0.3, -0.25) is 39.1 Å². The molecule has 1 aliphatic heterocycles. The number of methoxy groups -OCH3 is 2. The van der Waals surface area contributed by atoms with Crippen LogP contribution in [0.4, 0.5) is 0 Å². The lowest BCUT2D eigenvalue weighted by Gasteiger charge is -2.43. The zero-order valence-electron chi connectivity index (χ0n) is 38.0. The molecule has 2 rings (SSSR count). The Morgan fingerprint density at radius 2 is 1.47 bits per heavy atom. The van der Waals surface area contributed by atoms with Crippen LogP contribution in [0.2, 0.25) is 0 Å². The Labute approximate surface area is 354 Å². The first-order valence-corrected chi connectivity index (χ1v) is 21.7. The third kappa shape index (κ3) is 14.9. The van der Waals surface area contributed by atoms with Gasteiger partial charge >= 0.3 is 5.97 Å². The Hall–Kier alpha value is -3.43. The largest absolute Gasteiger partial charge is 0.481 e. The van der Waals surface area contributed by atoms with Gasteiger partial charge < -0.3 is 29.9 Å². The number of nitrogens with one attached hydrogen (secondary N) is 2. The molecule has 336 valence electrons. The number of likely N-dealkylation sites (N-methyl/N-ethyl adjacent to an activating group) is 2. The number of carbonyl (C=O) groups excluding carboxylic acids is 4. The lowest BCUT2D eigenvalue weighted by Crippen LogP contribution is -2.60. The van der Waals surface area contributed by atoms with E-state index in [-0.39, 0.29) is 60.4 Å². The van der Waals surface area contributed by atoms with E-state index in [4.69, 9.17) is 14.6 Å². The Morgan fingerprint density at radius 3 is 2.02 bits per heavy atom. The fourth-order valence-electron chi connectivity index (χ4n) is 8.94. The first-order valence-electron chi connectivity index (χ1n) is 21.7. The second-order valence-corrected chi connectivity index (χ2v) is 17.4. The normalized spacial score (nSPS) is 19.2. The van der Waals surface area contributed by atoms with Crippen molar-refractivity contribution in [2.24, 2.45) is 23.7 Å². The van der Waals surface area contributed by atoms with E-state index in [1.54, 1.807) is 33.0 Å². The van der Waals surface area contributed by atoms with Crippen molar-refractivity contribution in [2.75, 3.05) is 41.4 Å². The van der Waals surface area contributed by atoms with Crippen molar-refractivity contribution in [3.63, 3.8) is 0 Å². The number of nitrogens with zero attached hydrogens (tertiary/aromatic N) is 3. The van der Waals surface area contributed by atoms with Gasteiger partial charge in [0.1, 0.15) is 0 Å². The summed E-state index contributed by atoms with van der Waals surface area (Å²) in [6, 6.07) is 6.63. The number of hydrogen-bond acceptors (Lipinski definition) is 10. The molecule has 1 aliphatic rings. The Bertz CT molecular complexity index is 1460. The predicted molar refractivity (Wildman–Crippen MR) is 229 cm³/mol. The number of rotatable bonds is 26. The van der Waals surface area contributed by atoms with Crippen molar-refractivity contribution in [1.29, 1.82) is 0 Å². The number of hydrogen-bond donors (Lipinski definition) is 4. The standard InChI is InChI=1S/C45H77N5O9/c1-13-30(6)40(49(10)39(29(4)5)45(57)47-44(56)38(28(2)3)48(9)25-19-15-18-24-37(52)53)35(58-11)27-36(51)50-26-20-23-34(50)42(59-12)31(7)43(55)46-32(8)41(54)33-21-16-14-17-22-33/h14,16-17,21-22,28-32,34-35,38-42,54H,13,15,18-20,23-27H2,1-12H3,(H,46,55)(H,52,53)(H,47,56,57)/t30-,31+,32+,34-,35+,38-,39-,40-,41+,42+/m0/s1. The summed E-state index contributed by atoms with van der Waals surface area (Å²) < 4.78 is 12.1. The quantitative estimate of drug-likeness (QED) is 0.0936. The minimum atomic E-state index is -0.889. The molecule has 14 nitrogen and oxygen atoms in total. The van der Waals surface area contributed by atoms with E-state index in [0.717, 1.165) is 25.7 Å². The number of unbranched alkanes of at least 4 members (excludes halogenated alkanes) is 2. The van der Waals surface area contributed by atoms with E-state index in [0.29, 0.717) is 31.5 Å². The van der Waals surface area contributed by atoms with Crippen LogP contribution in [0.5, 0.6) is 0 Å². The Morgan fingerprint density at radius 1 is 0.864 bits per heavy atom. The first kappa shape index (κ1) is 51.7. The number of carboxylic acid groups (broad SMARTS) is 1. The fraction of sp³-hybridized carbons (Fsp3) is 0.756. The maximum Gasteiger partial charge on any atom is 0.303 e. The van der Waals surface area contributed by atoms with Crippen LogP contribution in [-0.2, 0) is 33.4 Å². The lowest BCUT2D eigenvalue weighted by molar-refractivity contribution is -0.144. The van der Waals surface area contributed by atoms with Crippen molar-refractivity contribution in [2.45, 2.75) is 155 Å². The van der Waals surface area contributed by atoms with Gasteiger partial charge in [0.15, 0.2) is 0 Å². The molecule has 1 aromatic carbocycles. The Balaban J connectivity index is 2.23. The molecule has 1 saturated heterocycles. The van der Waals surface area contributed by atoms with Crippen LogP contribution >= 0.6 is 0 Å². The van der Waals surface area contributed by atoms with Crippen LogP contribution in [0.15, 0.2) is 30.3 Å². The number of carbonyl (C=O) groups is 5. The summed E-state index contributed by atoms with van der Waals surface area (Å²) in [6.07, 6.45) is 2.28. The van der Waals surface area contributed by atoms with Gasteiger partial charge in [-0.05, 0) is 76.6 Å². The zero-order chi connectivity index (χ0) is 44.6. The summed E-state index contributed by atoms with van der Waals surface area (Å²) in [6.45, 7) is 16.5. The highest BCUT2D eigenvalue weighted by Crippen LogP contribution is 2.31. The van der Waals surface area contributed by atoms with Crippen molar-refractivity contribution >= 4 is 29.6 Å². The summed E-state index contributed by atoms with van der Waals surface area (Å²) >= 11 is 0. The molecule has 59 heavy (non-hydrogen) atoms. The molecular formula is C45H77N5O9. The van der Waals surface area contributed by atoms with Crippen molar-refractivity contribution in [1.82, 2.24) is 25.3 Å². The maximum absolute atomic E-state index is 14.3. The molecule has 14 heteroatoms. The summed E-state index contributed by atoms with van der Waals surface area (Å²) in [5.41, 5.74) is 0.703. The number of aliphatic carboxylic acids is 1. The highest BCUT2D eigenvalue weighted by Gasteiger charge is 2.44. The number of carboxylic acids is 1. The molecule has 0 saturated carbocycles. The molecule has 4 amide bonds. The number of aliphatic hydroxyl groups is 1. The van der Waals surface area contributed by atoms with Gasteiger partial charge in [0.2, 0.25) is 23.6 Å². The van der Waals surface area contributed by atoms with Gasteiger partial charge in [-0.2, -0.15) is 0 Å². The van der Waals surface area contributed by atoms with Gasteiger partial charge in [-0.1, -0.05) is 91.6 Å². The molecule has 1 aromatic rings. The fourth-order valence-corrected chi connectivity index (χ4v) is 8.94. The van der Waals surface area contributed by atoms with Crippen LogP contribution in [0.3, 0.4) is 0 Å². The summed E-state index contributed by atoms with van der Waals surface area (Å²) in [5, 5.41) is 25.5. The summed E-state index contributed by atoms with van der Waals surface area (Å²) in [4.78, 5) is 72.3. The van der Waals surface area contributed by atoms with Crippen LogP contribution < -0.4 is 10.6 Å². The molecule has 0 aromatic heterocycles. The topological polar surface area (TPSA) is 178 Å². The van der Waals surface area contributed by atoms with Gasteiger partial charge in [0.05, 0.1) is 54.8 Å². The maximum atomic E-state index is 14.3. The second-order valence-electron chi connectivity index (χ2n) is 17.4. The number of likely N-dealkylation sites (tertiary alicyclic amines) is 1. The van der Waals surface area contributed by atoms with E-state index in [2.05, 4.69) is 24.5 Å². The second kappa shape index (κ2) is 25.4. The molecule has 1 heterocycles. The van der Waals surface area contributed by atoms with E-state index >= 15 is 0 Å². The molecule has 0 bridgehead atoms. The number of ether oxygens (including phenoxy) is 2. The van der Waals surface area contributed by atoms with Crippen LogP contribution in [0.25, 0.3) is 0 Å². The summed E-state index contributed by atoms with van der Waals surface area (Å²) in [7, 11) is 6.85. The zero-order valence-corrected chi connectivity index (χ0v) is 38.0. The number of aliphatic hydroxyl groups excluding tert-OH is 1. The molecule has 0 radical (unpaired) electrons. The highest BCUT2D eigenvalue weighted by molar-refractivity contribution is 6.00. The van der Waals surface area contributed by atoms with E-state index in [1.165, 1.54) is 0 Å². The first-order chi connectivity index (χ1) is 27.8. The minimum Gasteiger partial charge on any atom is -0.481 e. The Kier molecular flexibility index (Phi) is 22.2. The van der Waals surface area contributed by atoms with E-state index in [1.807, 2.05) is 81.9 Å². The molecule has 0 spiro atoms. The number of amides is 4. The van der Waals surface area contributed by atoms with Crippen LogP contribution in [0, 0.1) is 23.7 Å². The molecule has 0 aliphatic carbocycles. The predicted octanol–water partition coefficient (Wildman–Crippen LogP) is 4.89. The van der Waals surface area contributed by atoms with Gasteiger partial charge in [-0.25, -0.2) is 0 Å². The number of imide groups is 1. The lowest BCUT2D eigenvalue weighted by atomic mass is 9.87. The minimum absolute atomic E-state index is 0.0104. The van der Waals surface area contributed by atoms with Crippen LogP contribution in [0.1, 0.15) is 118 Å². The van der Waals surface area contributed by atoms with Gasteiger partial charge in [0, 0.05) is 33.2 Å². The monoisotopic (exact) mass is 832 g/mol. The average Bonchev–Trinajstić information content (AvgIpc) is 3.66. The smallest absolute Gasteiger partial charge is 0.303 e. The molecular weight excluding hydrogens is 755 g/mol. The van der Waals surface area contributed by atoms with Gasteiger partial charge in [0.25, 0.3) is 0 Å². The van der Waals surface area contributed by atoms with E-state index < -0.39 is 54.2 Å². The molecule has 0 unspecified atom stereocenters. The van der Waals surface area contributed by atoms with E-state index in [9.17, 15) is 29.1 Å². The van der Waals surface area contributed by atoms with Crippen LogP contribution in [-0.4, -0.2) is 138 Å². The molecule has 1 fully saturated rings. The van der Waals surface area contributed by atoms with Crippen molar-refractivity contribution < 1.29 is 43.7 Å².